The molecule has 0 aliphatic carbocycles. The molecule has 32 nitrogen and oxygen atoms in total. The lowest BCUT2D eigenvalue weighted by Gasteiger charge is -2.16. The van der Waals surface area contributed by atoms with Gasteiger partial charge in [0.25, 0.3) is 5.89 Å². The van der Waals surface area contributed by atoms with E-state index in [1.54, 1.807) is 92.7 Å². The number of aromatic nitrogens is 21. The van der Waals surface area contributed by atoms with Crippen LogP contribution >= 0.6 is 68.4 Å². The van der Waals surface area contributed by atoms with Crippen molar-refractivity contribution in [3.63, 3.8) is 0 Å². The van der Waals surface area contributed by atoms with Crippen molar-refractivity contribution in [3.8, 4) is 11.4 Å². The number of ketones is 1. The van der Waals surface area contributed by atoms with Gasteiger partial charge in [0.1, 0.15) is 32.6 Å². The van der Waals surface area contributed by atoms with Crippen molar-refractivity contribution in [2.45, 2.75) is 417 Å². The molecule has 15 rings (SSSR count). The van der Waals surface area contributed by atoms with Crippen LogP contribution in [-0.2, 0) is 91.7 Å². The number of thiazole rings is 3. The minimum Gasteiger partial charge on any atom is -0.448 e. The Morgan fingerprint density at radius 3 is 1.34 bits per heavy atom. The first kappa shape index (κ1) is 132. The zero-order chi connectivity index (χ0) is 112. The Hall–Kier alpha value is -9.89. The standard InChI is InChI=1S/C13H17N3.C9H14N2O2.C9H15NS.C8H15N3O.C8H13NO.C8H13NS.2C7H12N2O.C7H11NO.C7H13NS.C7H11NS.C6H11N2O.2C6H10N2S/c1-13(2,3)12-14-11(16(4)15-12)10-8-6-5-7-9-10;1-6(12)5-7-10-11-8(13-7)9(2,3)4;1-5-7-6-11-8(10-7)9(2,3)4;1-5-9-7-11-10-6(12-7)8(2,3)4;1-8(2,3)6-4-5-7(10)9-6;1-6-5-10-7(9-6)8(2,3)4;1-5-8-9-6(10-5)7(2,3)4;1-4-6-8-9-7(10-6)5(2)3;3*1-7(2,3)6-8-4-5-9-6;1-5(2)6-7-8(3)4-9-6;1-6(2,3)5-8-7-4-9-5;1-4(2)6-8-7-5(3)9-6/h5-9H,1-4H3;5H2,1-4H3;6H,5H2,1-4H3;5H2,1-4H3,(H,9,11);4-5H2,1-3H3;5H,1-4H3;1-4H3;5H,4H2,1-3H3;4-5H,1-3H3;4-5H2,1-3H3;2*4-5H,1-3H3;2*4H,1-3H3/q;;;;;;;;;;;+1;;. The molecule has 2 aliphatic heterocycles. The predicted octanol–water partition coefficient (Wildman–Crippen LogP) is 28.1. The molecule has 0 fully saturated rings. The van der Waals surface area contributed by atoms with Gasteiger partial charge in [-0.25, -0.2) is 34.6 Å². The molecule has 146 heavy (non-hydrogen) atoms. The predicted molar refractivity (Wildman–Crippen MR) is 601 cm³/mol. The molecule has 14 heterocycles. The lowest BCUT2D eigenvalue weighted by atomic mass is 9.88. The fourth-order valence-electron chi connectivity index (χ4n) is 10.5. The monoisotopic (exact) mass is 2130 g/mol. The lowest BCUT2D eigenvalue weighted by molar-refractivity contribution is -0.731. The van der Waals surface area contributed by atoms with Crippen molar-refractivity contribution >= 4 is 96.9 Å². The van der Waals surface area contributed by atoms with Crippen LogP contribution in [0.3, 0.4) is 0 Å². The van der Waals surface area contributed by atoms with Crippen LogP contribution in [0, 0.1) is 31.6 Å². The number of amides is 1. The van der Waals surface area contributed by atoms with Gasteiger partial charge in [-0.1, -0.05) is 324 Å². The number of hydrogen-bond donors (Lipinski definition) is 1. The minimum absolute atomic E-state index is 0.00914. The second kappa shape index (κ2) is 60.1. The SMILES string of the molecule is CC(=O)Cc1nnc(C(C)(C)C)o1.CC(C)(C)C1=NC(=O)CC1.CC(C)(C)C1=NCCS1.CC(C)(C)c1ncco1.CC(C)(C)c1nccs1.CC(C)(C)c1nncs1.CC(C)c1n[n+](C)co1.CCNc1nnc(C(C)(C)C)o1.CCc1csc(C(C)(C)C)n1.CCc1nnc(C(C)C)o1.Cc1csc(C(C)(C)C)n1.Cc1nnc(C(C)(C)C)o1.Cc1nnc(C(C)C)s1.Cn1nc(C(C)(C)C)nc1-c1ccccc1. The molecule has 0 spiro atoms. The second-order valence-corrected chi connectivity index (χ2v) is 52.6. The first-order valence-electron chi connectivity index (χ1n) is 49.8. The summed E-state index contributed by atoms with van der Waals surface area (Å²) in [7, 11) is 3.78. The number of oxazole rings is 1. The minimum atomic E-state index is -0.151. The Bertz CT molecular complexity index is 5630. The highest BCUT2D eigenvalue weighted by Crippen LogP contribution is 2.33. The quantitative estimate of drug-likeness (QED) is 0.124. The molecule has 13 aromatic rings. The van der Waals surface area contributed by atoms with E-state index in [4.69, 9.17) is 26.5 Å². The molecule has 1 aromatic carbocycles. The van der Waals surface area contributed by atoms with Gasteiger partial charge in [-0.15, -0.1) is 125 Å². The maximum atomic E-state index is 10.7. The summed E-state index contributed by atoms with van der Waals surface area (Å²) in [6.45, 7) is 97.4. The molecule has 0 atom stereocenters. The number of nitrogens with one attached hydrogen (secondary N) is 1. The molecule has 2 aliphatic rings. The normalized spacial score (nSPS) is 12.7. The number of rotatable bonds is 10. The number of aliphatic imine (C=N–C) groups is 2. The number of hydrogen-bond acceptors (Lipinski definition) is 35. The molecule has 12 aromatic heterocycles. The van der Waals surface area contributed by atoms with Gasteiger partial charge in [0, 0.05) is 167 Å². The van der Waals surface area contributed by atoms with Crippen LogP contribution in [-0.4, -0.2) is 142 Å². The van der Waals surface area contributed by atoms with E-state index in [1.807, 2.05) is 178 Å². The zero-order valence-corrected chi connectivity index (χ0v) is 102. The van der Waals surface area contributed by atoms with Gasteiger partial charge < -0.3 is 31.8 Å². The molecular weight excluding hydrogens is 1950 g/mol. The number of carbonyl (C=O) groups is 2. The molecule has 812 valence electrons. The number of nitrogens with zero attached hydrogens (tertiary/aromatic N) is 23. The van der Waals surface area contributed by atoms with Crippen LogP contribution in [0.2, 0.25) is 0 Å². The Kier molecular flexibility index (Phi) is 54.4. The highest BCUT2D eigenvalue weighted by Gasteiger charge is 2.29. The fourth-order valence-corrected chi connectivity index (χ4v) is 15.5. The van der Waals surface area contributed by atoms with E-state index in [0.29, 0.717) is 65.1 Å². The van der Waals surface area contributed by atoms with Crippen LogP contribution in [0.5, 0.6) is 0 Å². The fraction of sp³-hybridized carbons (Fsp3) is 0.648. The van der Waals surface area contributed by atoms with E-state index in [9.17, 15) is 9.59 Å². The summed E-state index contributed by atoms with van der Waals surface area (Å²) in [5.41, 5.74) is 7.29. The van der Waals surface area contributed by atoms with E-state index in [-0.39, 0.29) is 72.3 Å². The van der Waals surface area contributed by atoms with E-state index in [1.165, 1.54) is 38.4 Å². The number of aryl methyl sites for hydroxylation is 7. The summed E-state index contributed by atoms with van der Waals surface area (Å²) in [6.07, 6.45) is 10.3. The van der Waals surface area contributed by atoms with E-state index >= 15 is 0 Å². The van der Waals surface area contributed by atoms with Crippen molar-refractivity contribution in [2.75, 3.05) is 24.2 Å². The van der Waals surface area contributed by atoms with Gasteiger partial charge in [-0.05, 0) is 40.5 Å². The highest BCUT2D eigenvalue weighted by atomic mass is 32.2. The van der Waals surface area contributed by atoms with Crippen LogP contribution < -0.4 is 10.00 Å². The van der Waals surface area contributed by atoms with Crippen molar-refractivity contribution in [1.29, 1.82) is 0 Å². The topological polar surface area (TPSA) is 403 Å². The van der Waals surface area contributed by atoms with Gasteiger partial charge >= 0.3 is 12.4 Å². The maximum Gasteiger partial charge on any atom is 0.361 e. The third kappa shape index (κ3) is 52.8. The van der Waals surface area contributed by atoms with Gasteiger partial charge in [-0.3, -0.25) is 14.6 Å². The maximum absolute atomic E-state index is 10.7. The lowest BCUT2D eigenvalue weighted by Crippen LogP contribution is -2.28. The Morgan fingerprint density at radius 1 is 0.500 bits per heavy atom. The smallest absolute Gasteiger partial charge is 0.361 e. The summed E-state index contributed by atoms with van der Waals surface area (Å²) in [5.74, 6) is 10.3. The van der Waals surface area contributed by atoms with E-state index in [0.717, 1.165) is 99.6 Å². The van der Waals surface area contributed by atoms with Crippen LogP contribution in [0.4, 0.5) is 6.01 Å². The van der Waals surface area contributed by atoms with E-state index in [2.05, 4.69) is 321 Å². The zero-order valence-electron chi connectivity index (χ0n) is 97.4. The summed E-state index contributed by atoms with van der Waals surface area (Å²) in [5, 5.41) is 72.4. The molecule has 0 saturated heterocycles. The summed E-state index contributed by atoms with van der Waals surface area (Å²) in [6, 6.07) is 10.6. The van der Waals surface area contributed by atoms with Crippen molar-refractivity contribution in [3.05, 3.63) is 177 Å². The molecule has 1 N–H and O–H groups in total. The summed E-state index contributed by atoms with van der Waals surface area (Å²) >= 11 is 10.4. The number of thioether (sulfide) groups is 1. The van der Waals surface area contributed by atoms with Crippen LogP contribution in [0.1, 0.15) is 429 Å². The molecule has 0 saturated carbocycles. The average Bonchev–Trinajstić information content (AvgIpc) is 1.66. The molecule has 0 unspecified atom stereocenters. The number of anilines is 1. The average molecular weight is 2130 g/mol. The molecule has 1 amide bonds. The van der Waals surface area contributed by atoms with Gasteiger partial charge in [0.05, 0.1) is 38.4 Å². The number of Topliss-reactive ketones (excluding diaryl/α,β-unsaturated/α-hetero) is 1. The molecule has 0 radical (unpaired) electrons. The summed E-state index contributed by atoms with van der Waals surface area (Å²) in [4.78, 5) is 51.5. The van der Waals surface area contributed by atoms with Crippen molar-refractivity contribution in [1.82, 2.24) is 101 Å². The Balaban J connectivity index is 0.000000533. The van der Waals surface area contributed by atoms with E-state index < -0.39 is 0 Å². The Morgan fingerprint density at radius 2 is 1.05 bits per heavy atom. The molecular formula is C108H177N24O8S6+. The first-order chi connectivity index (χ1) is 67.0. The largest absolute Gasteiger partial charge is 0.448 e. The van der Waals surface area contributed by atoms with Gasteiger partial charge in [-0.2, -0.15) is 5.10 Å². The van der Waals surface area contributed by atoms with Gasteiger partial charge in [0.15, 0.2) is 24.6 Å². The van der Waals surface area contributed by atoms with Crippen molar-refractivity contribution < 1.29 is 40.8 Å². The third-order valence-corrected chi connectivity index (χ3v) is 26.4. The highest BCUT2D eigenvalue weighted by molar-refractivity contribution is 8.14. The Labute approximate surface area is 897 Å². The number of carbonyl (C=O) groups excluding carboxylic acids is 2. The first-order valence-corrected chi connectivity index (χ1v) is 55.2. The van der Waals surface area contributed by atoms with Crippen LogP contribution in [0.15, 0.2) is 114 Å². The molecule has 0 bridgehead atoms. The van der Waals surface area contributed by atoms with Crippen molar-refractivity contribution in [2.24, 2.45) is 34.9 Å². The summed E-state index contributed by atoms with van der Waals surface area (Å²) < 4.78 is 34.8. The van der Waals surface area contributed by atoms with Gasteiger partial charge in [0.2, 0.25) is 47.1 Å². The molecule has 38 heteroatoms. The third-order valence-electron chi connectivity index (χ3n) is 18.8. The number of benzene rings is 1. The second-order valence-electron chi connectivity index (χ2n) is 46.9. The van der Waals surface area contributed by atoms with Crippen LogP contribution in [0.25, 0.3) is 11.4 Å².